The van der Waals surface area contributed by atoms with Crippen LogP contribution >= 0.6 is 11.8 Å². The van der Waals surface area contributed by atoms with E-state index in [1.807, 2.05) is 34.5 Å². The number of hydrogen-bond donors (Lipinski definition) is 1. The molecule has 0 aliphatic heterocycles. The summed E-state index contributed by atoms with van der Waals surface area (Å²) in [5.74, 6) is -1.18. The highest BCUT2D eigenvalue weighted by molar-refractivity contribution is 7.99. The number of methoxy groups -OCH3 is 1. The van der Waals surface area contributed by atoms with Gasteiger partial charge in [0.25, 0.3) is 0 Å². The van der Waals surface area contributed by atoms with Gasteiger partial charge in [-0.25, -0.2) is 8.78 Å². The number of nitrogens with one attached hydrogen (secondary N) is 1. The van der Waals surface area contributed by atoms with Crippen LogP contribution in [0.3, 0.4) is 0 Å². The molecule has 0 spiro atoms. The number of hydrogen-bond acceptors (Lipinski definition) is 5. The maximum Gasteiger partial charge on any atom is 0.234 e. The molecule has 154 valence electrons. The van der Waals surface area contributed by atoms with Crippen molar-refractivity contribution < 1.29 is 18.3 Å². The lowest BCUT2D eigenvalue weighted by Gasteiger charge is -2.10. The largest absolute Gasteiger partial charge is 0.383 e. The molecule has 10 heteroatoms. The van der Waals surface area contributed by atoms with Crippen molar-refractivity contribution in [2.45, 2.75) is 18.1 Å². The van der Waals surface area contributed by atoms with Crippen molar-refractivity contribution in [3.8, 4) is 0 Å². The third-order valence-corrected chi connectivity index (χ3v) is 5.21. The molecule has 7 nitrogen and oxygen atoms in total. The van der Waals surface area contributed by atoms with Gasteiger partial charge in [-0.05, 0) is 24.3 Å². The number of halogens is 2. The smallest absolute Gasteiger partial charge is 0.234 e. The van der Waals surface area contributed by atoms with Crippen LogP contribution in [0.2, 0.25) is 0 Å². The van der Waals surface area contributed by atoms with Gasteiger partial charge >= 0.3 is 0 Å². The average molecular weight is 421 g/mol. The van der Waals surface area contributed by atoms with Gasteiger partial charge in [0.1, 0.15) is 17.5 Å². The fourth-order valence-corrected chi connectivity index (χ4v) is 3.50. The summed E-state index contributed by atoms with van der Waals surface area (Å²) >= 11 is 1.19. The van der Waals surface area contributed by atoms with E-state index in [0.717, 1.165) is 23.7 Å². The van der Waals surface area contributed by atoms with Gasteiger partial charge in [-0.15, -0.1) is 10.2 Å². The van der Waals surface area contributed by atoms with Gasteiger partial charge in [-0.2, -0.15) is 0 Å². The average Bonchev–Trinajstić information content (AvgIpc) is 3.27. The Bertz CT molecular complexity index is 989. The van der Waals surface area contributed by atoms with Crippen molar-refractivity contribution in [3.63, 3.8) is 0 Å². The van der Waals surface area contributed by atoms with Crippen LogP contribution in [0.25, 0.3) is 0 Å². The molecular weight excluding hydrogens is 400 g/mol. The third kappa shape index (κ3) is 5.42. The van der Waals surface area contributed by atoms with Crippen molar-refractivity contribution >= 4 is 23.4 Å². The van der Waals surface area contributed by atoms with Crippen molar-refractivity contribution in [2.24, 2.45) is 7.05 Å². The van der Waals surface area contributed by atoms with Gasteiger partial charge in [0.15, 0.2) is 5.16 Å². The summed E-state index contributed by atoms with van der Waals surface area (Å²) in [5, 5.41) is 11.5. The molecule has 1 amide bonds. The van der Waals surface area contributed by atoms with Crippen molar-refractivity contribution in [1.29, 1.82) is 0 Å². The normalized spacial score (nSPS) is 11.0. The first-order chi connectivity index (χ1) is 14.0. The topological polar surface area (TPSA) is 74.0 Å². The van der Waals surface area contributed by atoms with E-state index < -0.39 is 17.5 Å². The lowest BCUT2D eigenvalue weighted by atomic mass is 10.3. The van der Waals surface area contributed by atoms with E-state index in [-0.39, 0.29) is 11.4 Å². The van der Waals surface area contributed by atoms with Gasteiger partial charge < -0.3 is 19.2 Å². The minimum atomic E-state index is -0.823. The number of amides is 1. The number of aromatic nitrogens is 4. The van der Waals surface area contributed by atoms with Crippen LogP contribution in [0.1, 0.15) is 11.5 Å². The van der Waals surface area contributed by atoms with Crippen LogP contribution in [0.5, 0.6) is 0 Å². The first-order valence-electron chi connectivity index (χ1n) is 8.87. The maximum absolute atomic E-state index is 13.7. The molecule has 0 bridgehead atoms. The first kappa shape index (κ1) is 21.0. The Balaban J connectivity index is 1.67. The van der Waals surface area contributed by atoms with E-state index in [1.165, 1.54) is 17.8 Å². The molecule has 3 aromatic rings. The highest BCUT2D eigenvalue weighted by atomic mass is 32.2. The lowest BCUT2D eigenvalue weighted by molar-refractivity contribution is -0.113. The Kier molecular flexibility index (Phi) is 6.99. The zero-order chi connectivity index (χ0) is 20.8. The van der Waals surface area contributed by atoms with Crippen LogP contribution in [-0.2, 0) is 29.5 Å². The fourth-order valence-electron chi connectivity index (χ4n) is 2.71. The fraction of sp³-hybridized carbons (Fsp3) is 0.316. The van der Waals surface area contributed by atoms with E-state index in [4.69, 9.17) is 4.74 Å². The molecule has 3 rings (SSSR count). The first-order valence-corrected chi connectivity index (χ1v) is 9.85. The van der Waals surface area contributed by atoms with E-state index in [9.17, 15) is 13.6 Å². The summed E-state index contributed by atoms with van der Waals surface area (Å²) in [4.78, 5) is 12.2. The SMILES string of the molecule is COCCn1c(Cc2cccn2C)nnc1SCC(=O)Nc1ccc(F)cc1F. The molecule has 0 saturated heterocycles. The van der Waals surface area contributed by atoms with E-state index in [2.05, 4.69) is 15.5 Å². The second-order valence-corrected chi connectivity index (χ2v) is 7.23. The molecular formula is C19H21F2N5O2S. The number of benzene rings is 1. The van der Waals surface area contributed by atoms with Gasteiger partial charge in [0.05, 0.1) is 18.0 Å². The summed E-state index contributed by atoms with van der Waals surface area (Å²) in [6.45, 7) is 1.01. The molecule has 0 atom stereocenters. The lowest BCUT2D eigenvalue weighted by Crippen LogP contribution is -2.16. The van der Waals surface area contributed by atoms with Crippen molar-refractivity contribution in [1.82, 2.24) is 19.3 Å². The Labute approximate surface area is 171 Å². The molecule has 1 N–H and O–H groups in total. The molecule has 0 unspecified atom stereocenters. The second kappa shape index (κ2) is 9.66. The summed E-state index contributed by atoms with van der Waals surface area (Å²) < 4.78 is 35.8. The van der Waals surface area contributed by atoms with Gasteiger partial charge in [0.2, 0.25) is 5.91 Å². The Morgan fingerprint density at radius 2 is 2.10 bits per heavy atom. The quantitative estimate of drug-likeness (QED) is 0.538. The molecule has 0 fully saturated rings. The van der Waals surface area contributed by atoms with Crippen molar-refractivity contribution in [3.05, 3.63) is 59.7 Å². The standard InChI is InChI=1S/C19H21F2N5O2S/c1-25-7-3-4-14(25)11-17-23-24-19(26(17)8-9-28-2)29-12-18(27)22-16-6-5-13(20)10-15(16)21/h3-7,10H,8-9,11-12H2,1-2H3,(H,22,27). The third-order valence-electron chi connectivity index (χ3n) is 4.24. The van der Waals surface area contributed by atoms with Gasteiger partial charge in [0, 0.05) is 45.1 Å². The molecule has 2 aromatic heterocycles. The predicted octanol–water partition coefficient (Wildman–Crippen LogP) is 2.86. The zero-order valence-corrected chi connectivity index (χ0v) is 16.9. The Morgan fingerprint density at radius 1 is 1.28 bits per heavy atom. The number of ether oxygens (including phenoxy) is 1. The highest BCUT2D eigenvalue weighted by Crippen LogP contribution is 2.20. The van der Waals surface area contributed by atoms with Crippen LogP contribution in [0, 0.1) is 11.6 Å². The number of thioether (sulfide) groups is 1. The van der Waals surface area contributed by atoms with Gasteiger partial charge in [-0.3, -0.25) is 4.79 Å². The summed E-state index contributed by atoms with van der Waals surface area (Å²) in [6, 6.07) is 6.96. The highest BCUT2D eigenvalue weighted by Gasteiger charge is 2.16. The molecule has 2 heterocycles. The monoisotopic (exact) mass is 421 g/mol. The van der Waals surface area contributed by atoms with Crippen LogP contribution < -0.4 is 5.32 Å². The predicted molar refractivity (Wildman–Crippen MR) is 106 cm³/mol. The molecule has 29 heavy (non-hydrogen) atoms. The van der Waals surface area contributed by atoms with Crippen LogP contribution in [0.4, 0.5) is 14.5 Å². The minimum absolute atomic E-state index is 0.00604. The number of aryl methyl sites for hydroxylation is 1. The second-order valence-electron chi connectivity index (χ2n) is 6.29. The maximum atomic E-state index is 13.7. The molecule has 0 aliphatic carbocycles. The summed E-state index contributed by atoms with van der Waals surface area (Å²) in [6.07, 6.45) is 2.55. The number of rotatable bonds is 9. The Hall–Kier alpha value is -2.72. The molecule has 0 aliphatic rings. The van der Waals surface area contributed by atoms with E-state index in [1.54, 1.807) is 7.11 Å². The minimum Gasteiger partial charge on any atom is -0.383 e. The molecule has 0 saturated carbocycles. The van der Waals surface area contributed by atoms with E-state index >= 15 is 0 Å². The summed E-state index contributed by atoms with van der Waals surface area (Å²) in [7, 11) is 3.57. The van der Waals surface area contributed by atoms with Crippen LogP contribution in [-0.4, -0.2) is 44.7 Å². The molecule has 1 aromatic carbocycles. The van der Waals surface area contributed by atoms with Crippen molar-refractivity contribution in [2.75, 3.05) is 24.8 Å². The van der Waals surface area contributed by atoms with E-state index in [0.29, 0.717) is 24.7 Å². The number of carbonyl (C=O) groups excluding carboxylic acids is 1. The number of carbonyl (C=O) groups is 1. The Morgan fingerprint density at radius 3 is 2.79 bits per heavy atom. The molecule has 0 radical (unpaired) electrons. The number of anilines is 1. The summed E-state index contributed by atoms with van der Waals surface area (Å²) in [5.41, 5.74) is 1.01. The van der Waals surface area contributed by atoms with Gasteiger partial charge in [-0.1, -0.05) is 11.8 Å². The number of nitrogens with zero attached hydrogens (tertiary/aromatic N) is 4. The van der Waals surface area contributed by atoms with Crippen LogP contribution in [0.15, 0.2) is 41.7 Å². The zero-order valence-electron chi connectivity index (χ0n) is 16.1.